The molecule has 0 saturated heterocycles. The van der Waals surface area contributed by atoms with Crippen molar-refractivity contribution in [1.82, 2.24) is 20.3 Å². The number of rotatable bonds is 4. The number of carbonyl (C=O) groups is 2. The summed E-state index contributed by atoms with van der Waals surface area (Å²) in [5.74, 6) is -1.04. The van der Waals surface area contributed by atoms with E-state index in [1.165, 1.54) is 10.9 Å². The lowest BCUT2D eigenvalue weighted by Gasteiger charge is -2.22. The first-order chi connectivity index (χ1) is 8.69. The van der Waals surface area contributed by atoms with E-state index in [4.69, 9.17) is 9.84 Å². The van der Waals surface area contributed by atoms with Crippen LogP contribution in [0.4, 0.5) is 4.79 Å². The minimum absolute atomic E-state index is 0.277. The lowest BCUT2D eigenvalue weighted by atomic mass is 10.1. The number of ether oxygens (including phenoxy) is 1. The molecule has 2 N–H and O–H groups in total. The highest BCUT2D eigenvalue weighted by Gasteiger charge is 2.24. The second kappa shape index (κ2) is 5.68. The van der Waals surface area contributed by atoms with Crippen molar-refractivity contribution in [3.8, 4) is 0 Å². The smallest absolute Gasteiger partial charge is 0.408 e. The molecule has 0 unspecified atom stereocenters. The van der Waals surface area contributed by atoms with Gasteiger partial charge in [0.05, 0.1) is 24.4 Å². The molecule has 1 amide bonds. The molecule has 0 radical (unpaired) electrons. The zero-order valence-corrected chi connectivity index (χ0v) is 11.4. The van der Waals surface area contributed by atoms with Crippen LogP contribution in [0.2, 0.25) is 0 Å². The molecular formula is C11H18N4O4. The molecule has 1 aromatic rings. The number of carbonyl (C=O) groups excluding carboxylic acids is 1. The van der Waals surface area contributed by atoms with Crippen LogP contribution in [-0.4, -0.2) is 37.8 Å². The Morgan fingerprint density at radius 3 is 2.58 bits per heavy atom. The highest BCUT2D eigenvalue weighted by Crippen LogP contribution is 2.16. The summed E-state index contributed by atoms with van der Waals surface area (Å²) in [5.41, 5.74) is -0.156. The summed E-state index contributed by atoms with van der Waals surface area (Å²) in [6.07, 6.45) is 0.450. The number of alkyl carbamates (subject to hydrolysis) is 1. The molecule has 0 aliphatic carbocycles. The van der Waals surface area contributed by atoms with E-state index in [9.17, 15) is 9.59 Å². The highest BCUT2D eigenvalue weighted by atomic mass is 16.6. The molecule has 8 heteroatoms. The first-order valence-corrected chi connectivity index (χ1v) is 5.75. The average molecular weight is 270 g/mol. The van der Waals surface area contributed by atoms with Crippen LogP contribution in [0.1, 0.15) is 38.9 Å². The highest BCUT2D eigenvalue weighted by molar-refractivity contribution is 5.71. The number of nitrogens with zero attached hydrogens (tertiary/aromatic N) is 3. The molecule has 0 aromatic carbocycles. The molecule has 0 spiro atoms. The lowest BCUT2D eigenvalue weighted by molar-refractivity contribution is -0.137. The molecule has 0 saturated carbocycles. The summed E-state index contributed by atoms with van der Waals surface area (Å²) < 4.78 is 6.50. The number of carboxylic acids is 1. The van der Waals surface area contributed by atoms with Gasteiger partial charge in [-0.2, -0.15) is 0 Å². The number of hydrogen-bond donors (Lipinski definition) is 2. The van der Waals surface area contributed by atoms with Gasteiger partial charge in [0.2, 0.25) is 0 Å². The third-order valence-electron chi connectivity index (χ3n) is 2.18. The zero-order chi connectivity index (χ0) is 14.6. The minimum atomic E-state index is -1.04. The molecule has 0 aliphatic rings. The van der Waals surface area contributed by atoms with Gasteiger partial charge in [0, 0.05) is 7.05 Å². The second-order valence-electron chi connectivity index (χ2n) is 5.08. The summed E-state index contributed by atoms with van der Waals surface area (Å²) in [6.45, 7) is 5.18. The Morgan fingerprint density at radius 2 is 2.16 bits per heavy atom. The lowest BCUT2D eigenvalue weighted by Crippen LogP contribution is -2.36. The summed E-state index contributed by atoms with van der Waals surface area (Å²) >= 11 is 0. The van der Waals surface area contributed by atoms with Gasteiger partial charge in [0.25, 0.3) is 0 Å². The van der Waals surface area contributed by atoms with Crippen LogP contribution in [0.15, 0.2) is 6.20 Å². The first kappa shape index (κ1) is 14.9. The van der Waals surface area contributed by atoms with Crippen molar-refractivity contribution in [1.29, 1.82) is 0 Å². The number of nitrogens with one attached hydrogen (secondary N) is 1. The molecule has 1 rings (SSSR count). The van der Waals surface area contributed by atoms with Gasteiger partial charge < -0.3 is 15.2 Å². The Morgan fingerprint density at radius 1 is 1.53 bits per heavy atom. The largest absolute Gasteiger partial charge is 0.481 e. The molecule has 8 nitrogen and oxygen atoms in total. The van der Waals surface area contributed by atoms with E-state index < -0.39 is 23.7 Å². The van der Waals surface area contributed by atoms with Gasteiger partial charge in [0.1, 0.15) is 5.60 Å². The SMILES string of the molecule is Cn1nncc1[C@@H](CC(=O)O)NC(=O)OC(C)(C)C. The molecule has 106 valence electrons. The third kappa shape index (κ3) is 4.94. The monoisotopic (exact) mass is 270 g/mol. The van der Waals surface area contributed by atoms with Crippen molar-refractivity contribution in [3.05, 3.63) is 11.9 Å². The van der Waals surface area contributed by atoms with Gasteiger partial charge in [-0.15, -0.1) is 5.10 Å². The van der Waals surface area contributed by atoms with E-state index >= 15 is 0 Å². The Bertz CT molecular complexity index is 464. The molecule has 1 heterocycles. The predicted molar refractivity (Wildman–Crippen MR) is 65.4 cm³/mol. The summed E-state index contributed by atoms with van der Waals surface area (Å²) in [4.78, 5) is 22.5. The summed E-state index contributed by atoms with van der Waals surface area (Å²) in [5, 5.41) is 18.8. The van der Waals surface area contributed by atoms with E-state index in [1.54, 1.807) is 27.8 Å². The zero-order valence-electron chi connectivity index (χ0n) is 11.4. The van der Waals surface area contributed by atoms with Crippen molar-refractivity contribution >= 4 is 12.1 Å². The van der Waals surface area contributed by atoms with Gasteiger partial charge in [-0.25, -0.2) is 4.79 Å². The normalized spacial score (nSPS) is 12.8. The van der Waals surface area contributed by atoms with Crippen LogP contribution < -0.4 is 5.32 Å². The van der Waals surface area contributed by atoms with Crippen molar-refractivity contribution in [2.24, 2.45) is 7.05 Å². The minimum Gasteiger partial charge on any atom is -0.481 e. The van der Waals surface area contributed by atoms with Crippen LogP contribution in [0.25, 0.3) is 0 Å². The standard InChI is InChI=1S/C11H18N4O4/c1-11(2,3)19-10(18)13-7(5-9(16)17)8-6-12-14-15(8)4/h6-7H,5H2,1-4H3,(H,13,18)(H,16,17)/t7-/m1/s1. The molecule has 0 bridgehead atoms. The van der Waals surface area contributed by atoms with E-state index in [2.05, 4.69) is 15.6 Å². The van der Waals surface area contributed by atoms with Crippen molar-refractivity contribution in [2.45, 2.75) is 38.8 Å². The maximum Gasteiger partial charge on any atom is 0.408 e. The second-order valence-corrected chi connectivity index (χ2v) is 5.08. The maximum absolute atomic E-state index is 11.7. The van der Waals surface area contributed by atoms with Gasteiger partial charge in [-0.3, -0.25) is 9.48 Å². The Kier molecular flexibility index (Phi) is 4.47. The van der Waals surface area contributed by atoms with E-state index in [0.29, 0.717) is 5.69 Å². The number of carboxylic acid groups (broad SMARTS) is 1. The van der Waals surface area contributed by atoms with Gasteiger partial charge in [0.15, 0.2) is 0 Å². The van der Waals surface area contributed by atoms with Gasteiger partial charge in [-0.1, -0.05) is 5.21 Å². The van der Waals surface area contributed by atoms with E-state index in [1.807, 2.05) is 0 Å². The number of aromatic nitrogens is 3. The summed E-state index contributed by atoms with van der Waals surface area (Å²) in [6, 6.07) is -0.743. The summed E-state index contributed by atoms with van der Waals surface area (Å²) in [7, 11) is 1.62. The molecular weight excluding hydrogens is 252 g/mol. The fourth-order valence-electron chi connectivity index (χ4n) is 1.47. The Balaban J connectivity index is 2.79. The predicted octanol–water partition coefficient (Wildman–Crippen LogP) is 0.856. The number of amides is 1. The topological polar surface area (TPSA) is 106 Å². The molecule has 1 atom stereocenters. The van der Waals surface area contributed by atoms with Gasteiger partial charge in [-0.05, 0) is 20.8 Å². The van der Waals surface area contributed by atoms with Crippen molar-refractivity contribution < 1.29 is 19.4 Å². The number of hydrogen-bond acceptors (Lipinski definition) is 5. The number of aliphatic carboxylic acids is 1. The van der Waals surface area contributed by atoms with Gasteiger partial charge >= 0.3 is 12.1 Å². The van der Waals surface area contributed by atoms with Crippen molar-refractivity contribution in [3.63, 3.8) is 0 Å². The van der Waals surface area contributed by atoms with Crippen LogP contribution in [0, 0.1) is 0 Å². The first-order valence-electron chi connectivity index (χ1n) is 5.75. The molecule has 19 heavy (non-hydrogen) atoms. The fraction of sp³-hybridized carbons (Fsp3) is 0.636. The van der Waals surface area contributed by atoms with Crippen LogP contribution in [-0.2, 0) is 16.6 Å². The third-order valence-corrected chi connectivity index (χ3v) is 2.18. The quantitative estimate of drug-likeness (QED) is 0.840. The fourth-order valence-corrected chi connectivity index (χ4v) is 1.47. The van der Waals surface area contributed by atoms with Crippen LogP contribution in [0.5, 0.6) is 0 Å². The van der Waals surface area contributed by atoms with Crippen LogP contribution >= 0.6 is 0 Å². The van der Waals surface area contributed by atoms with Crippen LogP contribution in [0.3, 0.4) is 0 Å². The van der Waals surface area contributed by atoms with E-state index in [-0.39, 0.29) is 6.42 Å². The number of aryl methyl sites for hydroxylation is 1. The molecule has 0 aliphatic heterocycles. The Hall–Kier alpha value is -2.12. The maximum atomic E-state index is 11.7. The average Bonchev–Trinajstić information content (AvgIpc) is 2.59. The van der Waals surface area contributed by atoms with E-state index in [0.717, 1.165) is 0 Å². The molecule has 0 fully saturated rings. The Labute approximate surface area is 110 Å². The molecule has 1 aromatic heterocycles. The van der Waals surface area contributed by atoms with Crippen molar-refractivity contribution in [2.75, 3.05) is 0 Å².